The fourth-order valence-electron chi connectivity index (χ4n) is 1.58. The van der Waals surface area contributed by atoms with Crippen molar-refractivity contribution < 1.29 is 4.42 Å². The summed E-state index contributed by atoms with van der Waals surface area (Å²) >= 11 is 0. The molecule has 0 atom stereocenters. The van der Waals surface area contributed by atoms with E-state index in [0.717, 1.165) is 25.3 Å². The van der Waals surface area contributed by atoms with Gasteiger partial charge in [-0.25, -0.2) is 4.98 Å². The molecule has 0 saturated heterocycles. The molecule has 2 heterocycles. The fourth-order valence-corrected chi connectivity index (χ4v) is 1.58. The van der Waals surface area contributed by atoms with Crippen LogP contribution in [0.1, 0.15) is 31.0 Å². The second-order valence-electron chi connectivity index (χ2n) is 3.86. The van der Waals surface area contributed by atoms with Crippen LogP contribution >= 0.6 is 0 Å². The fraction of sp³-hybridized carbons (Fsp3) is 0.545. The molecule has 0 unspecified atom stereocenters. The van der Waals surface area contributed by atoms with Crippen molar-refractivity contribution in [2.24, 2.45) is 0 Å². The van der Waals surface area contributed by atoms with Crippen molar-refractivity contribution in [2.75, 3.05) is 6.54 Å². The molecule has 2 aromatic heterocycles. The van der Waals surface area contributed by atoms with Gasteiger partial charge < -0.3 is 14.3 Å². The lowest BCUT2D eigenvalue weighted by Gasteiger charge is -2.05. The van der Waals surface area contributed by atoms with Crippen molar-refractivity contribution in [2.45, 2.75) is 33.4 Å². The normalized spacial score (nSPS) is 10.9. The summed E-state index contributed by atoms with van der Waals surface area (Å²) < 4.78 is 7.36. The quantitative estimate of drug-likeness (QED) is 0.760. The second kappa shape index (κ2) is 5.58. The van der Waals surface area contributed by atoms with E-state index in [2.05, 4.69) is 27.4 Å². The highest BCUT2D eigenvalue weighted by atomic mass is 16.4. The minimum atomic E-state index is 0.573. The molecule has 1 N–H and O–H groups in total. The SMILES string of the molecule is CCCNCc1nccn1Cc1nnc(C)o1. The van der Waals surface area contributed by atoms with Crippen LogP contribution in [-0.4, -0.2) is 26.3 Å². The molecule has 0 aromatic carbocycles. The van der Waals surface area contributed by atoms with E-state index in [1.807, 2.05) is 10.8 Å². The number of nitrogens with one attached hydrogen (secondary N) is 1. The summed E-state index contributed by atoms with van der Waals surface area (Å²) in [6.45, 7) is 6.25. The Labute approximate surface area is 100 Å². The lowest BCUT2D eigenvalue weighted by atomic mass is 10.4. The molecule has 0 radical (unpaired) electrons. The van der Waals surface area contributed by atoms with Crippen LogP contribution in [0.25, 0.3) is 0 Å². The predicted molar refractivity (Wildman–Crippen MR) is 62.4 cm³/mol. The molecule has 0 saturated carbocycles. The average molecular weight is 235 g/mol. The summed E-state index contributed by atoms with van der Waals surface area (Å²) in [6, 6.07) is 0. The van der Waals surface area contributed by atoms with Crippen LogP contribution in [0.4, 0.5) is 0 Å². The van der Waals surface area contributed by atoms with Gasteiger partial charge in [-0.15, -0.1) is 10.2 Å². The molecular weight excluding hydrogens is 218 g/mol. The van der Waals surface area contributed by atoms with Gasteiger partial charge in [0.2, 0.25) is 11.8 Å². The van der Waals surface area contributed by atoms with Gasteiger partial charge >= 0.3 is 0 Å². The largest absolute Gasteiger partial charge is 0.424 e. The Balaban J connectivity index is 1.98. The zero-order valence-electron chi connectivity index (χ0n) is 10.2. The molecule has 0 bridgehead atoms. The lowest BCUT2D eigenvalue weighted by molar-refractivity contribution is 0.449. The maximum atomic E-state index is 5.35. The third-order valence-electron chi connectivity index (χ3n) is 2.39. The summed E-state index contributed by atoms with van der Waals surface area (Å²) in [6.07, 6.45) is 4.82. The first-order valence-electron chi connectivity index (χ1n) is 5.79. The first-order valence-corrected chi connectivity index (χ1v) is 5.79. The predicted octanol–water partition coefficient (Wildman–Crippen LogP) is 1.12. The minimum Gasteiger partial charge on any atom is -0.424 e. The molecule has 92 valence electrons. The number of aromatic nitrogens is 4. The Morgan fingerprint density at radius 3 is 3.00 bits per heavy atom. The van der Waals surface area contributed by atoms with Crippen molar-refractivity contribution in [3.05, 3.63) is 30.0 Å². The Morgan fingerprint density at radius 1 is 1.41 bits per heavy atom. The Hall–Kier alpha value is -1.69. The molecule has 2 rings (SSSR count). The van der Waals surface area contributed by atoms with Gasteiger partial charge in [0.25, 0.3) is 0 Å². The zero-order chi connectivity index (χ0) is 12.1. The number of hydrogen-bond donors (Lipinski definition) is 1. The molecule has 0 amide bonds. The third-order valence-corrected chi connectivity index (χ3v) is 2.39. The summed E-state index contributed by atoms with van der Waals surface area (Å²) in [4.78, 5) is 4.30. The molecule has 0 fully saturated rings. The van der Waals surface area contributed by atoms with E-state index in [1.165, 1.54) is 0 Å². The maximum absolute atomic E-state index is 5.35. The van der Waals surface area contributed by atoms with Crippen LogP contribution in [0.3, 0.4) is 0 Å². The molecular formula is C11H17N5O. The highest BCUT2D eigenvalue weighted by molar-refractivity contribution is 4.95. The van der Waals surface area contributed by atoms with Crippen LogP contribution in [-0.2, 0) is 13.1 Å². The van der Waals surface area contributed by atoms with E-state index in [9.17, 15) is 0 Å². The van der Waals surface area contributed by atoms with Crippen molar-refractivity contribution in [3.8, 4) is 0 Å². The molecule has 0 aliphatic rings. The number of imidazole rings is 1. The van der Waals surface area contributed by atoms with Crippen molar-refractivity contribution >= 4 is 0 Å². The average Bonchev–Trinajstić information content (AvgIpc) is 2.90. The van der Waals surface area contributed by atoms with Crippen molar-refractivity contribution in [1.82, 2.24) is 25.1 Å². The summed E-state index contributed by atoms with van der Waals surface area (Å²) in [5.41, 5.74) is 0. The third kappa shape index (κ3) is 3.13. The summed E-state index contributed by atoms with van der Waals surface area (Å²) in [5.74, 6) is 2.18. The van der Waals surface area contributed by atoms with Gasteiger partial charge in [0.15, 0.2) is 0 Å². The van der Waals surface area contributed by atoms with E-state index < -0.39 is 0 Å². The lowest BCUT2D eigenvalue weighted by Crippen LogP contribution is -2.18. The molecule has 2 aromatic rings. The first kappa shape index (κ1) is 11.8. The Morgan fingerprint density at radius 2 is 2.29 bits per heavy atom. The molecule has 0 spiro atoms. The van der Waals surface area contributed by atoms with E-state index in [4.69, 9.17) is 4.42 Å². The van der Waals surface area contributed by atoms with Gasteiger partial charge in [-0.3, -0.25) is 0 Å². The number of rotatable bonds is 6. The first-order chi connectivity index (χ1) is 8.29. The molecule has 6 nitrogen and oxygen atoms in total. The van der Waals surface area contributed by atoms with Gasteiger partial charge in [0.1, 0.15) is 12.4 Å². The highest BCUT2D eigenvalue weighted by Crippen LogP contribution is 2.04. The molecule has 17 heavy (non-hydrogen) atoms. The van der Waals surface area contributed by atoms with Gasteiger partial charge in [-0.2, -0.15) is 0 Å². The van der Waals surface area contributed by atoms with Crippen molar-refractivity contribution in [3.63, 3.8) is 0 Å². The van der Waals surface area contributed by atoms with Crippen LogP contribution in [0.2, 0.25) is 0 Å². The van der Waals surface area contributed by atoms with Gasteiger partial charge in [0.05, 0.1) is 6.54 Å². The molecule has 6 heteroatoms. The van der Waals surface area contributed by atoms with E-state index in [1.54, 1.807) is 13.1 Å². The van der Waals surface area contributed by atoms with E-state index >= 15 is 0 Å². The summed E-state index contributed by atoms with van der Waals surface area (Å²) in [5, 5.41) is 11.1. The Kier molecular flexibility index (Phi) is 3.87. The Bertz CT molecular complexity index is 462. The number of aryl methyl sites for hydroxylation is 1. The summed E-state index contributed by atoms with van der Waals surface area (Å²) in [7, 11) is 0. The van der Waals surface area contributed by atoms with Gasteiger partial charge in [0, 0.05) is 19.3 Å². The van der Waals surface area contributed by atoms with E-state index in [0.29, 0.717) is 18.3 Å². The van der Waals surface area contributed by atoms with Crippen LogP contribution in [0.15, 0.2) is 16.8 Å². The highest BCUT2D eigenvalue weighted by Gasteiger charge is 2.07. The van der Waals surface area contributed by atoms with Crippen LogP contribution < -0.4 is 5.32 Å². The molecule has 0 aliphatic carbocycles. The van der Waals surface area contributed by atoms with Crippen LogP contribution in [0, 0.1) is 6.92 Å². The van der Waals surface area contributed by atoms with Crippen molar-refractivity contribution in [1.29, 1.82) is 0 Å². The van der Waals surface area contributed by atoms with Gasteiger partial charge in [-0.1, -0.05) is 6.92 Å². The zero-order valence-corrected chi connectivity index (χ0v) is 10.2. The number of hydrogen-bond acceptors (Lipinski definition) is 5. The standard InChI is InChI=1S/C11H17N5O/c1-3-4-12-7-10-13-5-6-16(10)8-11-15-14-9(2)17-11/h5-6,12H,3-4,7-8H2,1-2H3. The number of nitrogens with zero attached hydrogens (tertiary/aromatic N) is 4. The van der Waals surface area contributed by atoms with E-state index in [-0.39, 0.29) is 0 Å². The second-order valence-corrected chi connectivity index (χ2v) is 3.86. The smallest absolute Gasteiger partial charge is 0.236 e. The maximum Gasteiger partial charge on any atom is 0.236 e. The minimum absolute atomic E-state index is 0.573. The molecule has 0 aliphatic heterocycles. The van der Waals surface area contributed by atoms with Gasteiger partial charge in [-0.05, 0) is 13.0 Å². The topological polar surface area (TPSA) is 68.8 Å². The monoisotopic (exact) mass is 235 g/mol. The van der Waals surface area contributed by atoms with Crippen LogP contribution in [0.5, 0.6) is 0 Å².